The van der Waals surface area contributed by atoms with Crippen LogP contribution in [0, 0.1) is 0 Å². The maximum absolute atomic E-state index is 12.4. The second kappa shape index (κ2) is 5.34. The SMILES string of the molecule is Nc1ccc(-c2nc(N)c(C(=O)c3ccncc3)s2)cc1. The average molecular weight is 296 g/mol. The van der Waals surface area contributed by atoms with Crippen LogP contribution in [0.5, 0.6) is 0 Å². The van der Waals surface area contributed by atoms with E-state index in [0.29, 0.717) is 21.1 Å². The van der Waals surface area contributed by atoms with Crippen LogP contribution in [0.15, 0.2) is 48.8 Å². The number of pyridine rings is 1. The van der Waals surface area contributed by atoms with Crippen molar-refractivity contribution < 1.29 is 4.79 Å². The van der Waals surface area contributed by atoms with Gasteiger partial charge in [0.2, 0.25) is 5.78 Å². The molecule has 104 valence electrons. The Bertz CT molecular complexity index is 781. The van der Waals surface area contributed by atoms with E-state index in [2.05, 4.69) is 9.97 Å². The number of aromatic nitrogens is 2. The van der Waals surface area contributed by atoms with E-state index in [4.69, 9.17) is 11.5 Å². The van der Waals surface area contributed by atoms with Gasteiger partial charge < -0.3 is 11.5 Å². The van der Waals surface area contributed by atoms with Crippen LogP contribution in [0.4, 0.5) is 11.5 Å². The van der Waals surface area contributed by atoms with Gasteiger partial charge in [-0.15, -0.1) is 11.3 Å². The van der Waals surface area contributed by atoms with Crippen LogP contribution in [-0.4, -0.2) is 15.8 Å². The summed E-state index contributed by atoms with van der Waals surface area (Å²) < 4.78 is 0. The minimum Gasteiger partial charge on any atom is -0.399 e. The van der Waals surface area contributed by atoms with Gasteiger partial charge in [0.1, 0.15) is 15.7 Å². The third-order valence-electron chi connectivity index (χ3n) is 2.96. The van der Waals surface area contributed by atoms with E-state index >= 15 is 0 Å². The summed E-state index contributed by atoms with van der Waals surface area (Å²) in [5.41, 5.74) is 13.7. The molecule has 0 amide bonds. The molecule has 2 aromatic heterocycles. The van der Waals surface area contributed by atoms with E-state index in [1.54, 1.807) is 36.7 Å². The molecule has 6 heteroatoms. The maximum atomic E-state index is 12.4. The van der Waals surface area contributed by atoms with Gasteiger partial charge in [0.25, 0.3) is 0 Å². The quantitative estimate of drug-likeness (QED) is 0.572. The summed E-state index contributed by atoms with van der Waals surface area (Å²) >= 11 is 1.27. The van der Waals surface area contributed by atoms with E-state index in [0.717, 1.165) is 5.56 Å². The number of benzene rings is 1. The lowest BCUT2D eigenvalue weighted by atomic mass is 10.1. The van der Waals surface area contributed by atoms with Crippen molar-refractivity contribution in [3.8, 4) is 10.6 Å². The fourth-order valence-electron chi connectivity index (χ4n) is 1.88. The van der Waals surface area contributed by atoms with Gasteiger partial charge in [0, 0.05) is 29.2 Å². The molecule has 3 rings (SSSR count). The van der Waals surface area contributed by atoms with Crippen molar-refractivity contribution in [1.82, 2.24) is 9.97 Å². The molecule has 5 nitrogen and oxygen atoms in total. The van der Waals surface area contributed by atoms with Crippen molar-refractivity contribution in [2.24, 2.45) is 0 Å². The Hall–Kier alpha value is -2.73. The third-order valence-corrected chi connectivity index (χ3v) is 4.08. The zero-order valence-electron chi connectivity index (χ0n) is 11.0. The molecule has 0 saturated heterocycles. The van der Waals surface area contributed by atoms with Crippen molar-refractivity contribution in [2.75, 3.05) is 11.5 Å². The average Bonchev–Trinajstić information content (AvgIpc) is 2.90. The van der Waals surface area contributed by atoms with E-state index in [9.17, 15) is 4.79 Å². The number of hydrogen-bond acceptors (Lipinski definition) is 6. The molecule has 1 aromatic carbocycles. The Morgan fingerprint density at radius 2 is 1.67 bits per heavy atom. The van der Waals surface area contributed by atoms with Crippen molar-refractivity contribution in [3.05, 3.63) is 59.2 Å². The van der Waals surface area contributed by atoms with Crippen molar-refractivity contribution in [2.45, 2.75) is 0 Å². The van der Waals surface area contributed by atoms with Crippen LogP contribution in [0.1, 0.15) is 15.2 Å². The van der Waals surface area contributed by atoms with Crippen LogP contribution < -0.4 is 11.5 Å². The van der Waals surface area contributed by atoms with Crippen LogP contribution in [0.2, 0.25) is 0 Å². The van der Waals surface area contributed by atoms with Crippen molar-refractivity contribution >= 4 is 28.6 Å². The molecule has 0 atom stereocenters. The van der Waals surface area contributed by atoms with Crippen LogP contribution in [-0.2, 0) is 0 Å². The fourth-order valence-corrected chi connectivity index (χ4v) is 2.83. The number of carbonyl (C=O) groups excluding carboxylic acids is 1. The molecule has 0 aliphatic carbocycles. The van der Waals surface area contributed by atoms with Gasteiger partial charge in [-0.2, -0.15) is 0 Å². The lowest BCUT2D eigenvalue weighted by Gasteiger charge is -1.97. The highest BCUT2D eigenvalue weighted by Gasteiger charge is 2.18. The normalized spacial score (nSPS) is 10.5. The largest absolute Gasteiger partial charge is 0.399 e. The van der Waals surface area contributed by atoms with Crippen LogP contribution in [0.3, 0.4) is 0 Å². The van der Waals surface area contributed by atoms with Gasteiger partial charge in [-0.3, -0.25) is 9.78 Å². The smallest absolute Gasteiger partial charge is 0.206 e. The van der Waals surface area contributed by atoms with Gasteiger partial charge in [0.15, 0.2) is 0 Å². The minimum absolute atomic E-state index is 0.144. The zero-order chi connectivity index (χ0) is 14.8. The summed E-state index contributed by atoms with van der Waals surface area (Å²) in [6.45, 7) is 0. The summed E-state index contributed by atoms with van der Waals surface area (Å²) in [6.07, 6.45) is 3.15. The molecule has 2 heterocycles. The first-order valence-corrected chi connectivity index (χ1v) is 7.04. The molecule has 0 bridgehead atoms. The summed E-state index contributed by atoms with van der Waals surface area (Å²) in [7, 11) is 0. The molecular formula is C15H12N4OS. The second-order valence-electron chi connectivity index (χ2n) is 4.42. The Kier molecular flexibility index (Phi) is 3.37. The van der Waals surface area contributed by atoms with Crippen molar-refractivity contribution in [3.63, 3.8) is 0 Å². The summed E-state index contributed by atoms with van der Waals surface area (Å²) in [4.78, 5) is 21.0. The highest BCUT2D eigenvalue weighted by atomic mass is 32.1. The second-order valence-corrected chi connectivity index (χ2v) is 5.42. The molecule has 0 spiro atoms. The minimum atomic E-state index is -0.144. The molecule has 21 heavy (non-hydrogen) atoms. The topological polar surface area (TPSA) is 94.9 Å². The van der Waals surface area contributed by atoms with Gasteiger partial charge in [0.05, 0.1) is 0 Å². The summed E-state index contributed by atoms with van der Waals surface area (Å²) in [6, 6.07) is 10.6. The standard InChI is InChI=1S/C15H12N4OS/c16-11-3-1-10(2-4-11)15-19-14(17)13(21-15)12(20)9-5-7-18-8-6-9/h1-8H,16-17H2. The van der Waals surface area contributed by atoms with Gasteiger partial charge in [-0.05, 0) is 36.4 Å². The first-order valence-electron chi connectivity index (χ1n) is 6.22. The van der Waals surface area contributed by atoms with E-state index < -0.39 is 0 Å². The maximum Gasteiger partial charge on any atom is 0.206 e. The number of rotatable bonds is 3. The number of nitrogen functional groups attached to an aromatic ring is 2. The van der Waals surface area contributed by atoms with E-state index in [-0.39, 0.29) is 11.6 Å². The lowest BCUT2D eigenvalue weighted by Crippen LogP contribution is -2.02. The zero-order valence-corrected chi connectivity index (χ0v) is 11.8. The molecule has 0 radical (unpaired) electrons. The van der Waals surface area contributed by atoms with E-state index in [1.807, 2.05) is 12.1 Å². The van der Waals surface area contributed by atoms with Gasteiger partial charge in [-0.1, -0.05) is 0 Å². The Balaban J connectivity index is 1.98. The molecule has 0 aliphatic rings. The highest BCUT2D eigenvalue weighted by molar-refractivity contribution is 7.17. The molecule has 0 fully saturated rings. The fraction of sp³-hybridized carbons (Fsp3) is 0. The lowest BCUT2D eigenvalue weighted by molar-refractivity contribution is 0.104. The number of anilines is 2. The van der Waals surface area contributed by atoms with Gasteiger partial charge in [-0.25, -0.2) is 4.98 Å². The highest BCUT2D eigenvalue weighted by Crippen LogP contribution is 2.31. The number of carbonyl (C=O) groups is 1. The number of thiazole rings is 1. The predicted molar refractivity (Wildman–Crippen MR) is 84.0 cm³/mol. The Morgan fingerprint density at radius 3 is 2.33 bits per heavy atom. The molecule has 0 unspecified atom stereocenters. The molecule has 4 N–H and O–H groups in total. The van der Waals surface area contributed by atoms with Crippen LogP contribution >= 0.6 is 11.3 Å². The third kappa shape index (κ3) is 2.61. The molecular weight excluding hydrogens is 284 g/mol. The molecule has 3 aromatic rings. The Labute approximate surface area is 125 Å². The van der Waals surface area contributed by atoms with Crippen LogP contribution in [0.25, 0.3) is 10.6 Å². The first kappa shape index (κ1) is 13.3. The predicted octanol–water partition coefficient (Wildman–Crippen LogP) is 2.60. The molecule has 0 aliphatic heterocycles. The monoisotopic (exact) mass is 296 g/mol. The summed E-state index contributed by atoms with van der Waals surface area (Å²) in [5, 5.41) is 0.699. The number of ketones is 1. The summed E-state index contributed by atoms with van der Waals surface area (Å²) in [5.74, 6) is 0.0998. The number of nitrogens with two attached hydrogens (primary N) is 2. The van der Waals surface area contributed by atoms with Crippen molar-refractivity contribution in [1.29, 1.82) is 0 Å². The van der Waals surface area contributed by atoms with E-state index in [1.165, 1.54) is 11.3 Å². The number of nitrogens with zero attached hydrogens (tertiary/aromatic N) is 2. The van der Waals surface area contributed by atoms with Gasteiger partial charge >= 0.3 is 0 Å². The number of hydrogen-bond donors (Lipinski definition) is 2. The first-order chi connectivity index (χ1) is 10.1. The Morgan fingerprint density at radius 1 is 1.00 bits per heavy atom. The molecule has 0 saturated carbocycles.